The summed E-state index contributed by atoms with van der Waals surface area (Å²) in [5, 5.41) is 7.89. The van der Waals surface area contributed by atoms with Crippen LogP contribution in [0.25, 0.3) is 16.9 Å². The van der Waals surface area contributed by atoms with Crippen LogP contribution in [0.4, 0.5) is 11.4 Å². The number of hydrogen-bond donors (Lipinski definition) is 1. The van der Waals surface area contributed by atoms with Crippen molar-refractivity contribution < 1.29 is 9.53 Å². The number of benzene rings is 3. The Bertz CT molecular complexity index is 1370. The van der Waals surface area contributed by atoms with Crippen molar-refractivity contribution in [2.24, 2.45) is 0 Å². The molecule has 0 radical (unpaired) electrons. The maximum atomic E-state index is 13.6. The second kappa shape index (κ2) is 10.9. The van der Waals surface area contributed by atoms with Gasteiger partial charge in [0.05, 0.1) is 18.4 Å². The lowest BCUT2D eigenvalue weighted by Crippen LogP contribution is -2.46. The number of hydrogen-bond acceptors (Lipinski definition) is 5. The molecule has 1 aliphatic rings. The summed E-state index contributed by atoms with van der Waals surface area (Å²) in [6.07, 6.45) is 1.78. The van der Waals surface area contributed by atoms with Gasteiger partial charge in [0.2, 0.25) is 0 Å². The monoisotopic (exact) mass is 495 g/mol. The van der Waals surface area contributed by atoms with E-state index in [1.807, 2.05) is 66.7 Å². The molecule has 1 N–H and O–H groups in total. The molecular weight excluding hydrogens is 462 g/mol. The zero-order chi connectivity index (χ0) is 25.8. The van der Waals surface area contributed by atoms with E-state index in [1.54, 1.807) is 18.0 Å². The molecule has 0 atom stereocenters. The Hall–Kier alpha value is -4.10. The third-order valence-electron chi connectivity index (χ3n) is 6.96. The minimum Gasteiger partial charge on any atom is -0.496 e. The molecule has 1 fully saturated rings. The summed E-state index contributed by atoms with van der Waals surface area (Å²) in [7, 11) is 1.62. The Labute approximate surface area is 218 Å². The van der Waals surface area contributed by atoms with Gasteiger partial charge < -0.3 is 19.9 Å². The van der Waals surface area contributed by atoms with E-state index in [0.29, 0.717) is 17.0 Å². The fourth-order valence-electron chi connectivity index (χ4n) is 4.88. The number of carbonyl (C=O) groups excluding carboxylic acids is 1. The van der Waals surface area contributed by atoms with Crippen molar-refractivity contribution in [2.45, 2.75) is 13.8 Å². The van der Waals surface area contributed by atoms with E-state index in [0.717, 1.165) is 55.2 Å². The van der Waals surface area contributed by atoms with Gasteiger partial charge in [-0.2, -0.15) is 5.10 Å². The first kappa shape index (κ1) is 24.6. The average molecular weight is 496 g/mol. The van der Waals surface area contributed by atoms with Crippen LogP contribution in [0.2, 0.25) is 0 Å². The number of aromatic nitrogens is 2. The highest BCUT2D eigenvalue weighted by Gasteiger charge is 2.22. The molecule has 0 saturated carbocycles. The number of anilines is 2. The van der Waals surface area contributed by atoms with Gasteiger partial charge in [0.25, 0.3) is 5.91 Å². The molecule has 1 amide bonds. The van der Waals surface area contributed by atoms with Gasteiger partial charge >= 0.3 is 0 Å². The first-order valence-electron chi connectivity index (χ1n) is 12.7. The minimum atomic E-state index is -0.216. The molecule has 2 heterocycles. The van der Waals surface area contributed by atoms with Crippen molar-refractivity contribution in [2.75, 3.05) is 50.1 Å². The molecule has 7 nitrogen and oxygen atoms in total. The van der Waals surface area contributed by atoms with Crippen molar-refractivity contribution in [3.8, 4) is 22.7 Å². The topological polar surface area (TPSA) is 62.6 Å². The van der Waals surface area contributed by atoms with E-state index >= 15 is 0 Å². The summed E-state index contributed by atoms with van der Waals surface area (Å²) < 4.78 is 7.32. The average Bonchev–Trinajstić information content (AvgIpc) is 3.39. The Balaban J connectivity index is 1.43. The SMILES string of the molecule is CCN1CCN(c2ccc(NC(=O)c3cn(-c4ccccc4)nc3-c3ccccc3OC)cc2C)CC1. The van der Waals surface area contributed by atoms with Gasteiger partial charge in [0.1, 0.15) is 11.4 Å². The van der Waals surface area contributed by atoms with E-state index < -0.39 is 0 Å². The van der Waals surface area contributed by atoms with Crippen molar-refractivity contribution in [1.82, 2.24) is 14.7 Å². The third kappa shape index (κ3) is 5.22. The quantitative estimate of drug-likeness (QED) is 0.379. The third-order valence-corrected chi connectivity index (χ3v) is 6.96. The fraction of sp³-hybridized carbons (Fsp3) is 0.267. The second-order valence-corrected chi connectivity index (χ2v) is 9.25. The number of nitrogens with zero attached hydrogens (tertiary/aromatic N) is 4. The molecule has 37 heavy (non-hydrogen) atoms. The van der Waals surface area contributed by atoms with Crippen LogP contribution in [0.15, 0.2) is 79.0 Å². The lowest BCUT2D eigenvalue weighted by molar-refractivity contribution is 0.102. The molecule has 190 valence electrons. The number of ether oxygens (including phenoxy) is 1. The Morgan fingerprint density at radius 1 is 0.973 bits per heavy atom. The van der Waals surface area contributed by atoms with Gasteiger partial charge in [0.15, 0.2) is 0 Å². The van der Waals surface area contributed by atoms with E-state index in [9.17, 15) is 4.79 Å². The van der Waals surface area contributed by atoms with E-state index in [2.05, 4.69) is 35.0 Å². The molecule has 0 unspecified atom stereocenters. The number of methoxy groups -OCH3 is 1. The van der Waals surface area contributed by atoms with Gasteiger partial charge in [0, 0.05) is 49.3 Å². The predicted octanol–water partition coefficient (Wildman–Crippen LogP) is 5.25. The number of rotatable bonds is 7. The molecule has 0 aliphatic carbocycles. The molecule has 1 saturated heterocycles. The fourth-order valence-corrected chi connectivity index (χ4v) is 4.88. The Morgan fingerprint density at radius 2 is 1.70 bits per heavy atom. The summed E-state index contributed by atoms with van der Waals surface area (Å²) in [5.74, 6) is 0.449. The highest BCUT2D eigenvalue weighted by atomic mass is 16.5. The maximum absolute atomic E-state index is 13.6. The molecule has 1 aromatic heterocycles. The van der Waals surface area contributed by atoms with Crippen molar-refractivity contribution in [1.29, 1.82) is 0 Å². The van der Waals surface area contributed by atoms with E-state index in [-0.39, 0.29) is 5.91 Å². The van der Waals surface area contributed by atoms with Gasteiger partial charge in [-0.15, -0.1) is 0 Å². The molecule has 4 aromatic rings. The van der Waals surface area contributed by atoms with Crippen molar-refractivity contribution in [3.63, 3.8) is 0 Å². The van der Waals surface area contributed by atoms with Crippen molar-refractivity contribution in [3.05, 3.63) is 90.1 Å². The number of nitrogens with one attached hydrogen (secondary N) is 1. The van der Waals surface area contributed by atoms with Gasteiger partial charge in [-0.3, -0.25) is 4.79 Å². The zero-order valence-corrected chi connectivity index (χ0v) is 21.6. The van der Waals surface area contributed by atoms with Crippen LogP contribution in [0.1, 0.15) is 22.8 Å². The lowest BCUT2D eigenvalue weighted by Gasteiger charge is -2.36. The highest BCUT2D eigenvalue weighted by molar-refractivity contribution is 6.08. The molecule has 1 aliphatic heterocycles. The highest BCUT2D eigenvalue weighted by Crippen LogP contribution is 2.32. The molecular formula is C30H33N5O2. The van der Waals surface area contributed by atoms with E-state index in [4.69, 9.17) is 9.84 Å². The predicted molar refractivity (Wildman–Crippen MR) is 149 cm³/mol. The standard InChI is InChI=1S/C30H33N5O2/c1-4-33-16-18-34(19-17-33)27-15-14-23(20-22(27)2)31-30(36)26-21-35(24-10-6-5-7-11-24)32-29(26)25-12-8-9-13-28(25)37-3/h5-15,20-21H,4,16-19H2,1-3H3,(H,31,36). The van der Waals surface area contributed by atoms with Crippen LogP contribution in [0.5, 0.6) is 5.75 Å². The summed E-state index contributed by atoms with van der Waals surface area (Å²) in [6, 6.07) is 23.5. The van der Waals surface area contributed by atoms with Crippen molar-refractivity contribution >= 4 is 17.3 Å². The van der Waals surface area contributed by atoms with E-state index in [1.165, 1.54) is 5.69 Å². The van der Waals surface area contributed by atoms with Gasteiger partial charge in [-0.05, 0) is 61.5 Å². The Morgan fingerprint density at radius 3 is 2.41 bits per heavy atom. The number of amides is 1. The second-order valence-electron chi connectivity index (χ2n) is 9.25. The number of aryl methyl sites for hydroxylation is 1. The smallest absolute Gasteiger partial charge is 0.259 e. The largest absolute Gasteiger partial charge is 0.496 e. The molecule has 0 bridgehead atoms. The van der Waals surface area contributed by atoms with Crippen LogP contribution in [0.3, 0.4) is 0 Å². The molecule has 7 heteroatoms. The lowest BCUT2D eigenvalue weighted by atomic mass is 10.1. The number of para-hydroxylation sites is 2. The maximum Gasteiger partial charge on any atom is 0.259 e. The molecule has 3 aromatic carbocycles. The first-order chi connectivity index (χ1) is 18.1. The number of piperazine rings is 1. The van der Waals surface area contributed by atoms with Crippen LogP contribution in [0, 0.1) is 6.92 Å². The van der Waals surface area contributed by atoms with Crippen LogP contribution in [-0.4, -0.2) is 60.4 Å². The molecule has 5 rings (SSSR count). The number of likely N-dealkylation sites (N-methyl/N-ethyl adjacent to an activating group) is 1. The molecule has 0 spiro atoms. The van der Waals surface area contributed by atoms with Gasteiger partial charge in [-0.25, -0.2) is 4.68 Å². The summed E-state index contributed by atoms with van der Waals surface area (Å²) in [5.41, 5.74) is 5.82. The normalized spacial score (nSPS) is 14.0. The summed E-state index contributed by atoms with van der Waals surface area (Å²) >= 11 is 0. The minimum absolute atomic E-state index is 0.216. The summed E-state index contributed by atoms with van der Waals surface area (Å²) in [6.45, 7) is 9.58. The number of carbonyl (C=O) groups is 1. The van der Waals surface area contributed by atoms with Crippen LogP contribution < -0.4 is 15.0 Å². The first-order valence-corrected chi connectivity index (χ1v) is 12.7. The summed E-state index contributed by atoms with van der Waals surface area (Å²) in [4.78, 5) is 18.5. The van der Waals surface area contributed by atoms with Crippen LogP contribution in [-0.2, 0) is 0 Å². The van der Waals surface area contributed by atoms with Gasteiger partial charge in [-0.1, -0.05) is 37.3 Å². The Kier molecular flexibility index (Phi) is 7.23. The zero-order valence-electron chi connectivity index (χ0n) is 21.6. The van der Waals surface area contributed by atoms with Crippen LogP contribution >= 0.6 is 0 Å².